The van der Waals surface area contributed by atoms with Crippen molar-refractivity contribution < 1.29 is 9.72 Å². The van der Waals surface area contributed by atoms with Crippen LogP contribution in [0.3, 0.4) is 0 Å². The molecule has 124 valence electrons. The van der Waals surface area contributed by atoms with Gasteiger partial charge in [0.25, 0.3) is 0 Å². The molecule has 2 aromatic rings. The molecule has 1 amide bonds. The van der Waals surface area contributed by atoms with Gasteiger partial charge >= 0.3 is 5.69 Å². The van der Waals surface area contributed by atoms with Crippen molar-refractivity contribution in [2.45, 2.75) is 38.6 Å². The van der Waals surface area contributed by atoms with E-state index in [1.54, 1.807) is 0 Å². The first kappa shape index (κ1) is 16.1. The van der Waals surface area contributed by atoms with Gasteiger partial charge in [0.2, 0.25) is 5.91 Å². The van der Waals surface area contributed by atoms with Gasteiger partial charge in [0.1, 0.15) is 23.5 Å². The number of thiophene rings is 1. The molecule has 0 bridgehead atoms. The predicted molar refractivity (Wildman–Crippen MR) is 87.8 cm³/mol. The fourth-order valence-electron chi connectivity index (χ4n) is 2.77. The van der Waals surface area contributed by atoms with Gasteiger partial charge in [-0.15, -0.1) is 11.3 Å². The van der Waals surface area contributed by atoms with E-state index in [0.717, 1.165) is 24.8 Å². The lowest BCUT2D eigenvalue weighted by molar-refractivity contribution is -0.385. The quantitative estimate of drug-likeness (QED) is 0.638. The summed E-state index contributed by atoms with van der Waals surface area (Å²) in [4.78, 5) is 23.3. The summed E-state index contributed by atoms with van der Waals surface area (Å²) in [5, 5.41) is 27.2. The van der Waals surface area contributed by atoms with Crippen LogP contribution in [0.2, 0.25) is 0 Å². The predicted octanol–water partition coefficient (Wildman–Crippen LogP) is 2.63. The molecule has 0 aromatic carbocycles. The zero-order chi connectivity index (χ0) is 17.1. The number of carbonyl (C=O) groups is 1. The van der Waals surface area contributed by atoms with Crippen LogP contribution >= 0.6 is 11.3 Å². The molecule has 0 saturated heterocycles. The third-order valence-corrected chi connectivity index (χ3v) is 5.11. The van der Waals surface area contributed by atoms with Crippen LogP contribution in [0.25, 0.3) is 0 Å². The van der Waals surface area contributed by atoms with Crippen molar-refractivity contribution in [1.29, 1.82) is 5.26 Å². The molecule has 1 N–H and O–H groups in total. The number of rotatable bonds is 6. The first-order valence-electron chi connectivity index (χ1n) is 7.60. The molecule has 0 saturated carbocycles. The van der Waals surface area contributed by atoms with Crippen LogP contribution in [-0.4, -0.2) is 20.6 Å². The van der Waals surface area contributed by atoms with E-state index in [-0.39, 0.29) is 18.0 Å². The van der Waals surface area contributed by atoms with E-state index >= 15 is 0 Å². The van der Waals surface area contributed by atoms with E-state index in [9.17, 15) is 20.2 Å². The van der Waals surface area contributed by atoms with Crippen molar-refractivity contribution in [2.75, 3.05) is 5.32 Å². The minimum absolute atomic E-state index is 0.0637. The highest BCUT2D eigenvalue weighted by atomic mass is 32.1. The maximum absolute atomic E-state index is 12.1. The lowest BCUT2D eigenvalue weighted by Crippen LogP contribution is -2.12. The number of aromatic nitrogens is 2. The summed E-state index contributed by atoms with van der Waals surface area (Å²) in [6, 6.07) is 2.19. The second-order valence-electron chi connectivity index (χ2n) is 5.54. The van der Waals surface area contributed by atoms with Crippen LogP contribution in [-0.2, 0) is 24.2 Å². The van der Waals surface area contributed by atoms with Gasteiger partial charge in [-0.2, -0.15) is 10.4 Å². The number of anilines is 1. The summed E-state index contributed by atoms with van der Waals surface area (Å²) in [6.07, 6.45) is 6.26. The highest BCUT2D eigenvalue weighted by Gasteiger charge is 2.22. The number of carbonyl (C=O) groups excluding carboxylic acids is 1. The van der Waals surface area contributed by atoms with E-state index < -0.39 is 4.92 Å². The number of nitrogens with zero attached hydrogens (tertiary/aromatic N) is 4. The Morgan fingerprint density at radius 2 is 2.38 bits per heavy atom. The van der Waals surface area contributed by atoms with Gasteiger partial charge in [-0.1, -0.05) is 0 Å². The average molecular weight is 345 g/mol. The molecule has 8 nitrogen and oxygen atoms in total. The highest BCUT2D eigenvalue weighted by Crippen LogP contribution is 2.38. The number of nitro groups is 1. The van der Waals surface area contributed by atoms with E-state index in [0.29, 0.717) is 23.5 Å². The number of aryl methyl sites for hydroxylation is 2. The lowest BCUT2D eigenvalue weighted by atomic mass is 10.1. The normalized spacial score (nSPS) is 12.6. The van der Waals surface area contributed by atoms with Crippen LogP contribution in [0.1, 0.15) is 35.3 Å². The van der Waals surface area contributed by atoms with Gasteiger partial charge in [-0.05, 0) is 31.2 Å². The maximum Gasteiger partial charge on any atom is 0.306 e. The molecule has 2 heterocycles. The van der Waals surface area contributed by atoms with Crippen LogP contribution in [0.15, 0.2) is 12.4 Å². The molecule has 0 fully saturated rings. The largest absolute Gasteiger partial charge is 0.317 e. The van der Waals surface area contributed by atoms with Crippen LogP contribution in [0.5, 0.6) is 0 Å². The van der Waals surface area contributed by atoms with Crippen LogP contribution in [0.4, 0.5) is 10.7 Å². The zero-order valence-electron chi connectivity index (χ0n) is 12.8. The van der Waals surface area contributed by atoms with Gasteiger partial charge in [0.05, 0.1) is 10.5 Å². The van der Waals surface area contributed by atoms with Gasteiger partial charge in [0, 0.05) is 17.8 Å². The highest BCUT2D eigenvalue weighted by molar-refractivity contribution is 7.16. The minimum Gasteiger partial charge on any atom is -0.317 e. The number of nitrogens with one attached hydrogen (secondary N) is 1. The van der Waals surface area contributed by atoms with Crippen molar-refractivity contribution in [3.63, 3.8) is 0 Å². The second-order valence-corrected chi connectivity index (χ2v) is 6.65. The summed E-state index contributed by atoms with van der Waals surface area (Å²) in [5.74, 6) is -0.159. The first-order valence-corrected chi connectivity index (χ1v) is 8.41. The monoisotopic (exact) mass is 345 g/mol. The number of amides is 1. The Hall–Kier alpha value is -2.73. The van der Waals surface area contributed by atoms with Gasteiger partial charge < -0.3 is 5.32 Å². The molecule has 24 heavy (non-hydrogen) atoms. The van der Waals surface area contributed by atoms with Gasteiger partial charge in [0.15, 0.2) is 0 Å². The van der Waals surface area contributed by atoms with Gasteiger partial charge in [-0.25, -0.2) is 0 Å². The van der Waals surface area contributed by atoms with Crippen molar-refractivity contribution in [3.05, 3.63) is 38.5 Å². The molecule has 0 aliphatic heterocycles. The topological polar surface area (TPSA) is 114 Å². The molecule has 9 heteroatoms. The number of fused-ring (bicyclic) bond motifs is 1. The molecule has 2 aromatic heterocycles. The number of nitriles is 1. The summed E-state index contributed by atoms with van der Waals surface area (Å²) < 4.78 is 1.45. The summed E-state index contributed by atoms with van der Waals surface area (Å²) >= 11 is 1.49. The molecular weight excluding hydrogens is 330 g/mol. The second kappa shape index (κ2) is 6.80. The number of hydrogen-bond donors (Lipinski definition) is 1. The lowest BCUT2D eigenvalue weighted by Gasteiger charge is -2.04. The Morgan fingerprint density at radius 3 is 3.08 bits per heavy atom. The Morgan fingerprint density at radius 1 is 1.54 bits per heavy atom. The maximum atomic E-state index is 12.1. The first-order chi connectivity index (χ1) is 11.6. The Balaban J connectivity index is 1.53. The average Bonchev–Trinajstić information content (AvgIpc) is 3.22. The summed E-state index contributed by atoms with van der Waals surface area (Å²) in [5.41, 5.74) is 1.62. The zero-order valence-corrected chi connectivity index (χ0v) is 13.6. The van der Waals surface area contributed by atoms with E-state index in [1.165, 1.54) is 33.3 Å². The van der Waals surface area contributed by atoms with Crippen LogP contribution in [0, 0.1) is 21.4 Å². The Kier molecular flexibility index (Phi) is 4.57. The summed E-state index contributed by atoms with van der Waals surface area (Å²) in [6.45, 7) is 0.424. The molecule has 0 atom stereocenters. The van der Waals surface area contributed by atoms with E-state index in [2.05, 4.69) is 16.5 Å². The molecule has 0 radical (unpaired) electrons. The van der Waals surface area contributed by atoms with Crippen molar-refractivity contribution in [3.8, 4) is 6.07 Å². The van der Waals surface area contributed by atoms with E-state index in [4.69, 9.17) is 0 Å². The standard InChI is InChI=1S/C15H15N5O3S/c16-7-12-11-3-1-4-13(11)24-15(12)18-14(21)5-2-6-19-9-10(8-17-19)20(22)23/h8-9H,1-6H2,(H,18,21). The molecular formula is C15H15N5O3S. The molecule has 0 spiro atoms. The van der Waals surface area contributed by atoms with Gasteiger partial charge in [-0.3, -0.25) is 19.6 Å². The van der Waals surface area contributed by atoms with Crippen molar-refractivity contribution in [2.24, 2.45) is 0 Å². The Labute approximate surface area is 141 Å². The Bertz CT molecular complexity index is 833. The van der Waals surface area contributed by atoms with Crippen molar-refractivity contribution in [1.82, 2.24) is 9.78 Å². The SMILES string of the molecule is N#Cc1c(NC(=O)CCCn2cc([N+](=O)[O-])cn2)sc2c1CCC2. The molecule has 1 aliphatic carbocycles. The van der Waals surface area contributed by atoms with Crippen molar-refractivity contribution >= 4 is 27.9 Å². The fraction of sp³-hybridized carbons (Fsp3) is 0.400. The van der Waals surface area contributed by atoms with E-state index in [1.807, 2.05) is 0 Å². The van der Waals surface area contributed by atoms with Crippen LogP contribution < -0.4 is 5.32 Å². The molecule has 3 rings (SSSR count). The summed E-state index contributed by atoms with van der Waals surface area (Å²) in [7, 11) is 0. The third-order valence-electron chi connectivity index (χ3n) is 3.91. The molecule has 0 unspecified atom stereocenters. The smallest absolute Gasteiger partial charge is 0.306 e. The number of hydrogen-bond acceptors (Lipinski definition) is 6. The fourth-order valence-corrected chi connectivity index (χ4v) is 4.03. The molecule has 1 aliphatic rings. The third kappa shape index (κ3) is 3.28. The minimum atomic E-state index is -0.504.